The van der Waals surface area contributed by atoms with Crippen molar-refractivity contribution < 1.29 is 8.42 Å². The molecule has 0 saturated heterocycles. The van der Waals surface area contributed by atoms with Gasteiger partial charge >= 0.3 is 0 Å². The van der Waals surface area contributed by atoms with Gasteiger partial charge in [-0.15, -0.1) is 0 Å². The highest BCUT2D eigenvalue weighted by Crippen LogP contribution is 2.29. The van der Waals surface area contributed by atoms with E-state index in [4.69, 9.17) is 16.7 Å². The van der Waals surface area contributed by atoms with E-state index in [1.165, 1.54) is 10.4 Å². The fourth-order valence-corrected chi connectivity index (χ4v) is 6.63. The Morgan fingerprint density at radius 2 is 1.97 bits per heavy atom. The summed E-state index contributed by atoms with van der Waals surface area (Å²) in [5.41, 5.74) is 3.92. The minimum Gasteiger partial charge on any atom is -0.299 e. The summed E-state index contributed by atoms with van der Waals surface area (Å²) in [6, 6.07) is 16.0. The molecule has 36 heavy (non-hydrogen) atoms. The molecule has 1 aliphatic rings. The number of aromatic nitrogens is 2. The van der Waals surface area contributed by atoms with Crippen molar-refractivity contribution in [2.24, 2.45) is 5.92 Å². The number of nitriles is 1. The number of benzene rings is 2. The minimum absolute atomic E-state index is 0.0314. The smallest absolute Gasteiger partial charge is 0.244 e. The fourth-order valence-electron chi connectivity index (χ4n) is 4.74. The van der Waals surface area contributed by atoms with Crippen LogP contribution in [0.3, 0.4) is 0 Å². The number of halogens is 1. The van der Waals surface area contributed by atoms with E-state index < -0.39 is 10.0 Å². The molecule has 0 spiro atoms. The Morgan fingerprint density at radius 1 is 1.19 bits per heavy atom. The maximum Gasteiger partial charge on any atom is 0.244 e. The Balaban J connectivity index is 1.80. The lowest BCUT2D eigenvalue weighted by molar-refractivity contribution is 0.251. The lowest BCUT2D eigenvalue weighted by Gasteiger charge is -2.28. The van der Waals surface area contributed by atoms with Gasteiger partial charge in [0.05, 0.1) is 34.1 Å². The summed E-state index contributed by atoms with van der Waals surface area (Å²) in [5.74, 6) is 0.0939. The van der Waals surface area contributed by atoms with Crippen LogP contribution in [0.15, 0.2) is 53.4 Å². The van der Waals surface area contributed by atoms with Gasteiger partial charge in [0.15, 0.2) is 0 Å². The van der Waals surface area contributed by atoms with E-state index in [9.17, 15) is 13.7 Å². The van der Waals surface area contributed by atoms with E-state index in [-0.39, 0.29) is 22.9 Å². The summed E-state index contributed by atoms with van der Waals surface area (Å²) in [5, 5.41) is 15.1. The third kappa shape index (κ3) is 5.50. The topological polar surface area (TPSA) is 82.2 Å². The van der Waals surface area contributed by atoms with E-state index in [2.05, 4.69) is 11.8 Å². The zero-order valence-electron chi connectivity index (χ0n) is 21.0. The SMILES string of the molecule is CCCN1CCc2c(c(CN(CC(C)C)S(=O)(=O)c3ccccc3C#N)nn2-c2cccc(Cl)c2)C1. The Labute approximate surface area is 219 Å². The summed E-state index contributed by atoms with van der Waals surface area (Å²) in [6.07, 6.45) is 1.87. The molecule has 0 aliphatic carbocycles. The Bertz CT molecular complexity index is 1380. The normalized spacial score (nSPS) is 14.2. The average Bonchev–Trinajstić information content (AvgIpc) is 3.21. The molecule has 7 nitrogen and oxygen atoms in total. The number of hydrogen-bond acceptors (Lipinski definition) is 5. The van der Waals surface area contributed by atoms with Crippen LogP contribution >= 0.6 is 11.6 Å². The molecule has 0 amide bonds. The number of fused-ring (bicyclic) bond motifs is 1. The standard InChI is InChI=1S/C27H32ClN5O2S/c1-4-13-31-14-12-26-24(18-31)25(30-33(26)23-10-7-9-22(28)15-23)19-32(17-20(2)3)36(34,35)27-11-6-5-8-21(27)16-29/h5-11,15,20H,4,12-14,17-19H2,1-3H3. The lowest BCUT2D eigenvalue weighted by Crippen LogP contribution is -2.35. The molecule has 2 heterocycles. The Kier molecular flexibility index (Phi) is 8.16. The van der Waals surface area contributed by atoms with Crippen LogP contribution in [0, 0.1) is 17.2 Å². The predicted molar refractivity (Wildman–Crippen MR) is 141 cm³/mol. The first-order valence-electron chi connectivity index (χ1n) is 12.3. The zero-order valence-corrected chi connectivity index (χ0v) is 22.6. The summed E-state index contributed by atoms with van der Waals surface area (Å²) < 4.78 is 31.0. The first-order chi connectivity index (χ1) is 17.2. The van der Waals surface area contributed by atoms with Gasteiger partial charge in [-0.2, -0.15) is 14.7 Å². The van der Waals surface area contributed by atoms with E-state index in [1.54, 1.807) is 18.2 Å². The van der Waals surface area contributed by atoms with Gasteiger partial charge in [-0.1, -0.05) is 50.6 Å². The highest BCUT2D eigenvalue weighted by Gasteiger charge is 2.32. The van der Waals surface area contributed by atoms with Crippen molar-refractivity contribution in [2.75, 3.05) is 19.6 Å². The highest BCUT2D eigenvalue weighted by atomic mass is 35.5. The van der Waals surface area contributed by atoms with E-state index in [0.717, 1.165) is 55.1 Å². The quantitative estimate of drug-likeness (QED) is 0.392. The van der Waals surface area contributed by atoms with Crippen LogP contribution in [-0.2, 0) is 29.5 Å². The van der Waals surface area contributed by atoms with Gasteiger partial charge in [0.25, 0.3) is 0 Å². The Morgan fingerprint density at radius 3 is 2.67 bits per heavy atom. The first-order valence-corrected chi connectivity index (χ1v) is 14.1. The molecule has 0 radical (unpaired) electrons. The molecule has 190 valence electrons. The van der Waals surface area contributed by atoms with Crippen molar-refractivity contribution in [2.45, 2.75) is 51.6 Å². The molecule has 1 aromatic heterocycles. The van der Waals surface area contributed by atoms with Gasteiger partial charge in [-0.25, -0.2) is 13.1 Å². The van der Waals surface area contributed by atoms with Crippen molar-refractivity contribution in [1.29, 1.82) is 5.26 Å². The maximum atomic E-state index is 13.8. The fraction of sp³-hybridized carbons (Fsp3) is 0.407. The number of sulfonamides is 1. The van der Waals surface area contributed by atoms with Crippen LogP contribution in [0.4, 0.5) is 0 Å². The van der Waals surface area contributed by atoms with Crippen molar-refractivity contribution in [3.8, 4) is 11.8 Å². The Hall–Kier alpha value is -2.70. The average molecular weight is 526 g/mol. The largest absolute Gasteiger partial charge is 0.299 e. The molecule has 2 aromatic carbocycles. The zero-order chi connectivity index (χ0) is 25.9. The molecule has 0 atom stereocenters. The third-order valence-corrected chi connectivity index (χ3v) is 8.44. The van der Waals surface area contributed by atoms with Crippen LogP contribution in [-0.4, -0.2) is 47.0 Å². The van der Waals surface area contributed by atoms with Crippen molar-refractivity contribution in [3.05, 3.63) is 76.1 Å². The number of nitrogens with zero attached hydrogens (tertiary/aromatic N) is 5. The molecule has 0 unspecified atom stereocenters. The second-order valence-electron chi connectivity index (χ2n) is 9.59. The molecule has 0 bridgehead atoms. The van der Waals surface area contributed by atoms with Gasteiger partial charge in [0.2, 0.25) is 10.0 Å². The van der Waals surface area contributed by atoms with Gasteiger partial charge in [0, 0.05) is 36.6 Å². The minimum atomic E-state index is -3.92. The van der Waals surface area contributed by atoms with Crippen molar-refractivity contribution >= 4 is 21.6 Å². The predicted octanol–water partition coefficient (Wildman–Crippen LogP) is 5.01. The molecular formula is C27H32ClN5O2S. The molecule has 0 saturated carbocycles. The van der Waals surface area contributed by atoms with Crippen LogP contribution in [0.25, 0.3) is 5.69 Å². The lowest BCUT2D eigenvalue weighted by atomic mass is 10.0. The highest BCUT2D eigenvalue weighted by molar-refractivity contribution is 7.89. The van der Waals surface area contributed by atoms with Gasteiger partial charge in [-0.05, 0) is 49.2 Å². The van der Waals surface area contributed by atoms with E-state index >= 15 is 0 Å². The second kappa shape index (κ2) is 11.1. The molecule has 1 aliphatic heterocycles. The van der Waals surface area contributed by atoms with Crippen LogP contribution in [0.1, 0.15) is 49.7 Å². The molecular weight excluding hydrogens is 494 g/mol. The summed E-state index contributed by atoms with van der Waals surface area (Å²) in [7, 11) is -3.92. The van der Waals surface area contributed by atoms with Crippen molar-refractivity contribution in [3.63, 3.8) is 0 Å². The number of rotatable bonds is 9. The molecule has 0 fully saturated rings. The third-order valence-electron chi connectivity index (χ3n) is 6.33. The summed E-state index contributed by atoms with van der Waals surface area (Å²) in [4.78, 5) is 2.42. The van der Waals surface area contributed by atoms with Crippen molar-refractivity contribution in [1.82, 2.24) is 19.0 Å². The van der Waals surface area contributed by atoms with E-state index in [1.807, 2.05) is 48.9 Å². The number of hydrogen-bond donors (Lipinski definition) is 0. The van der Waals surface area contributed by atoms with Gasteiger partial charge in [-0.3, -0.25) is 4.90 Å². The van der Waals surface area contributed by atoms with Gasteiger partial charge in [0.1, 0.15) is 6.07 Å². The first kappa shape index (κ1) is 26.4. The summed E-state index contributed by atoms with van der Waals surface area (Å²) in [6.45, 7) is 9.22. The van der Waals surface area contributed by atoms with E-state index in [0.29, 0.717) is 11.6 Å². The van der Waals surface area contributed by atoms with Crippen LogP contribution in [0.2, 0.25) is 5.02 Å². The molecule has 3 aromatic rings. The van der Waals surface area contributed by atoms with Crippen LogP contribution < -0.4 is 0 Å². The van der Waals surface area contributed by atoms with Crippen LogP contribution in [0.5, 0.6) is 0 Å². The van der Waals surface area contributed by atoms with Gasteiger partial charge < -0.3 is 0 Å². The summed E-state index contributed by atoms with van der Waals surface area (Å²) >= 11 is 6.28. The second-order valence-corrected chi connectivity index (χ2v) is 11.9. The molecule has 9 heteroatoms. The molecule has 0 N–H and O–H groups in total. The maximum absolute atomic E-state index is 13.8. The monoisotopic (exact) mass is 525 g/mol. The molecule has 4 rings (SSSR count).